The minimum atomic E-state index is 0.0530. The van der Waals surface area contributed by atoms with E-state index >= 15 is 0 Å². The molecule has 0 saturated carbocycles. The van der Waals surface area contributed by atoms with Crippen LogP contribution in [0.15, 0.2) is 36.7 Å². The standard InChI is InChI=1S/C20H29N2/c1-7-15(2)14-21-12-13-22-18(21)16-10-8-9-11-17(16)19(3,4)20(22,5)6/h8-13,15H,7,14H2,1-6H3/q+1. The third-order valence-electron chi connectivity index (χ3n) is 6.07. The summed E-state index contributed by atoms with van der Waals surface area (Å²) in [6, 6.07) is 8.93. The van der Waals surface area contributed by atoms with E-state index in [4.69, 9.17) is 0 Å². The third kappa shape index (κ3) is 1.96. The molecule has 2 nitrogen and oxygen atoms in total. The molecule has 1 aliphatic heterocycles. The van der Waals surface area contributed by atoms with Gasteiger partial charge in [-0.3, -0.25) is 0 Å². The van der Waals surface area contributed by atoms with Gasteiger partial charge in [-0.2, -0.15) is 0 Å². The maximum atomic E-state index is 2.48. The van der Waals surface area contributed by atoms with E-state index in [1.165, 1.54) is 23.4 Å². The first-order chi connectivity index (χ1) is 10.3. The minimum absolute atomic E-state index is 0.0530. The third-order valence-corrected chi connectivity index (χ3v) is 6.07. The maximum absolute atomic E-state index is 2.48. The Kier molecular flexibility index (Phi) is 3.47. The fraction of sp³-hybridized carbons (Fsp3) is 0.550. The highest BCUT2D eigenvalue weighted by molar-refractivity contribution is 5.64. The average molecular weight is 297 g/mol. The Bertz CT molecular complexity index is 691. The van der Waals surface area contributed by atoms with E-state index in [1.54, 1.807) is 0 Å². The number of benzene rings is 1. The van der Waals surface area contributed by atoms with Gasteiger partial charge in [0, 0.05) is 5.41 Å². The number of hydrogen-bond donors (Lipinski definition) is 0. The predicted octanol–water partition coefficient (Wildman–Crippen LogP) is 4.52. The van der Waals surface area contributed by atoms with Crippen LogP contribution in [0.3, 0.4) is 0 Å². The molecule has 0 radical (unpaired) electrons. The summed E-state index contributed by atoms with van der Waals surface area (Å²) in [5.41, 5.74) is 3.01. The molecule has 0 amide bonds. The first-order valence-corrected chi connectivity index (χ1v) is 8.52. The average Bonchev–Trinajstić information content (AvgIpc) is 2.90. The molecule has 1 aliphatic rings. The van der Waals surface area contributed by atoms with Crippen molar-refractivity contribution in [3.8, 4) is 11.4 Å². The van der Waals surface area contributed by atoms with Crippen molar-refractivity contribution in [1.29, 1.82) is 0 Å². The number of nitrogens with zero attached hydrogens (tertiary/aromatic N) is 2. The van der Waals surface area contributed by atoms with Gasteiger partial charge in [-0.15, -0.1) is 0 Å². The molecule has 1 atom stereocenters. The Labute approximate surface area is 134 Å². The number of hydrogen-bond acceptors (Lipinski definition) is 0. The Morgan fingerprint density at radius 2 is 1.82 bits per heavy atom. The summed E-state index contributed by atoms with van der Waals surface area (Å²) in [6.45, 7) is 15.2. The van der Waals surface area contributed by atoms with Crippen molar-refractivity contribution in [3.05, 3.63) is 42.2 Å². The molecule has 1 aromatic heterocycles. The van der Waals surface area contributed by atoms with Crippen LogP contribution in [-0.2, 0) is 17.5 Å². The van der Waals surface area contributed by atoms with Crippen molar-refractivity contribution in [2.24, 2.45) is 5.92 Å². The van der Waals surface area contributed by atoms with Gasteiger partial charge in [0.25, 0.3) is 5.82 Å². The SMILES string of the molecule is CCC(C)C[n+]1ccn2c1-c1ccccc1C(C)(C)C2(C)C. The molecule has 0 spiro atoms. The second-order valence-corrected chi connectivity index (χ2v) is 7.89. The first kappa shape index (κ1) is 15.3. The molecule has 22 heavy (non-hydrogen) atoms. The van der Waals surface area contributed by atoms with Crippen molar-refractivity contribution >= 4 is 0 Å². The van der Waals surface area contributed by atoms with Gasteiger partial charge in [-0.1, -0.05) is 45.9 Å². The Hall–Kier alpha value is -1.57. The first-order valence-electron chi connectivity index (χ1n) is 8.52. The lowest BCUT2D eigenvalue weighted by atomic mass is 9.66. The van der Waals surface area contributed by atoms with Gasteiger partial charge in [0.05, 0.1) is 12.1 Å². The van der Waals surface area contributed by atoms with Crippen molar-refractivity contribution in [2.45, 2.75) is 65.5 Å². The van der Waals surface area contributed by atoms with Crippen LogP contribution in [0.25, 0.3) is 11.4 Å². The second kappa shape index (κ2) is 4.97. The van der Waals surface area contributed by atoms with Crippen LogP contribution in [0.5, 0.6) is 0 Å². The molecule has 0 bridgehead atoms. The second-order valence-electron chi connectivity index (χ2n) is 7.89. The molecule has 118 valence electrons. The van der Waals surface area contributed by atoms with E-state index in [-0.39, 0.29) is 11.0 Å². The van der Waals surface area contributed by atoms with Crippen molar-refractivity contribution in [1.82, 2.24) is 4.57 Å². The van der Waals surface area contributed by atoms with E-state index in [9.17, 15) is 0 Å². The highest BCUT2D eigenvalue weighted by Gasteiger charge is 2.51. The Balaban J connectivity index is 2.24. The van der Waals surface area contributed by atoms with Crippen molar-refractivity contribution in [3.63, 3.8) is 0 Å². The van der Waals surface area contributed by atoms with E-state index in [0.29, 0.717) is 5.92 Å². The number of aromatic nitrogens is 2. The van der Waals surface area contributed by atoms with Crippen LogP contribution in [0.2, 0.25) is 0 Å². The normalized spacial score (nSPS) is 19.4. The summed E-state index contributed by atoms with van der Waals surface area (Å²) in [5, 5.41) is 0. The zero-order chi connectivity index (χ0) is 16.1. The van der Waals surface area contributed by atoms with Gasteiger partial charge in [0.15, 0.2) is 0 Å². The number of fused-ring (bicyclic) bond motifs is 3. The molecule has 1 unspecified atom stereocenters. The Morgan fingerprint density at radius 1 is 1.14 bits per heavy atom. The summed E-state index contributed by atoms with van der Waals surface area (Å²) < 4.78 is 4.93. The fourth-order valence-corrected chi connectivity index (χ4v) is 3.63. The zero-order valence-corrected chi connectivity index (χ0v) is 14.9. The summed E-state index contributed by atoms with van der Waals surface area (Å²) >= 11 is 0. The molecular formula is C20H29N2+. The summed E-state index contributed by atoms with van der Waals surface area (Å²) in [7, 11) is 0. The fourth-order valence-electron chi connectivity index (χ4n) is 3.63. The molecular weight excluding hydrogens is 268 g/mol. The van der Waals surface area contributed by atoms with Gasteiger partial charge in [0.1, 0.15) is 17.9 Å². The molecule has 1 aromatic carbocycles. The number of imidazole rings is 1. The van der Waals surface area contributed by atoms with Crippen LogP contribution in [0.1, 0.15) is 53.5 Å². The predicted molar refractivity (Wildman–Crippen MR) is 91.9 cm³/mol. The number of rotatable bonds is 3. The molecule has 3 rings (SSSR count). The molecule has 0 saturated heterocycles. The van der Waals surface area contributed by atoms with Gasteiger partial charge in [0.2, 0.25) is 0 Å². The van der Waals surface area contributed by atoms with Crippen LogP contribution < -0.4 is 4.57 Å². The lowest BCUT2D eigenvalue weighted by molar-refractivity contribution is -0.692. The van der Waals surface area contributed by atoms with Crippen molar-refractivity contribution < 1.29 is 4.57 Å². The van der Waals surface area contributed by atoms with Gasteiger partial charge in [-0.25, -0.2) is 9.13 Å². The molecule has 2 aromatic rings. The van der Waals surface area contributed by atoms with Crippen LogP contribution in [0.4, 0.5) is 0 Å². The lowest BCUT2D eigenvalue weighted by Crippen LogP contribution is -2.51. The maximum Gasteiger partial charge on any atom is 0.289 e. The van der Waals surface area contributed by atoms with Crippen LogP contribution >= 0.6 is 0 Å². The topological polar surface area (TPSA) is 8.81 Å². The highest BCUT2D eigenvalue weighted by Crippen LogP contribution is 2.48. The lowest BCUT2D eigenvalue weighted by Gasteiger charge is -2.44. The summed E-state index contributed by atoms with van der Waals surface area (Å²) in [5.74, 6) is 2.06. The molecule has 0 aliphatic carbocycles. The van der Waals surface area contributed by atoms with E-state index in [2.05, 4.69) is 87.3 Å². The minimum Gasteiger partial charge on any atom is -0.230 e. The quantitative estimate of drug-likeness (QED) is 0.737. The molecule has 0 fully saturated rings. The van der Waals surface area contributed by atoms with E-state index in [0.717, 1.165) is 6.54 Å². The van der Waals surface area contributed by atoms with Gasteiger partial charge in [-0.05, 0) is 37.8 Å². The van der Waals surface area contributed by atoms with Gasteiger partial charge < -0.3 is 0 Å². The summed E-state index contributed by atoms with van der Waals surface area (Å²) in [6.07, 6.45) is 5.75. The van der Waals surface area contributed by atoms with E-state index < -0.39 is 0 Å². The van der Waals surface area contributed by atoms with Gasteiger partial charge >= 0.3 is 0 Å². The van der Waals surface area contributed by atoms with Crippen molar-refractivity contribution in [2.75, 3.05) is 0 Å². The zero-order valence-electron chi connectivity index (χ0n) is 14.9. The van der Waals surface area contributed by atoms with Crippen LogP contribution in [-0.4, -0.2) is 4.57 Å². The Morgan fingerprint density at radius 3 is 2.50 bits per heavy atom. The summed E-state index contributed by atoms with van der Waals surface area (Å²) in [4.78, 5) is 0. The highest BCUT2D eigenvalue weighted by atomic mass is 15.2. The largest absolute Gasteiger partial charge is 0.289 e. The smallest absolute Gasteiger partial charge is 0.230 e. The van der Waals surface area contributed by atoms with E-state index in [1.807, 2.05) is 0 Å². The monoisotopic (exact) mass is 297 g/mol. The molecule has 0 N–H and O–H groups in total. The molecule has 2 heterocycles. The van der Waals surface area contributed by atoms with Crippen LogP contribution in [0, 0.1) is 5.92 Å². The molecule has 2 heteroatoms.